The Kier molecular flexibility index (Phi) is 8.78. The lowest BCUT2D eigenvalue weighted by Gasteiger charge is -2.46. The van der Waals surface area contributed by atoms with Gasteiger partial charge in [0.1, 0.15) is 5.60 Å². The number of nitrogens with one attached hydrogen (secondary N) is 1. The summed E-state index contributed by atoms with van der Waals surface area (Å²) in [7, 11) is 0. The fourth-order valence-electron chi connectivity index (χ4n) is 5.39. The number of benzene rings is 1. The van der Waals surface area contributed by atoms with Crippen LogP contribution in [0.1, 0.15) is 79.7 Å². The van der Waals surface area contributed by atoms with Gasteiger partial charge < -0.3 is 15.2 Å². The molecule has 1 fully saturated rings. The van der Waals surface area contributed by atoms with Crippen molar-refractivity contribution in [3.8, 4) is 0 Å². The van der Waals surface area contributed by atoms with Crippen LogP contribution in [0.2, 0.25) is 0 Å². The molecule has 5 nitrogen and oxygen atoms in total. The molecule has 2 N–H and O–H groups in total. The fraction of sp³-hybridized carbons (Fsp3) is 0.704. The lowest BCUT2D eigenvalue weighted by molar-refractivity contribution is -0.156. The molecule has 1 aliphatic carbocycles. The topological polar surface area (TPSA) is 75.6 Å². The summed E-state index contributed by atoms with van der Waals surface area (Å²) in [6.45, 7) is 14.0. The quantitative estimate of drug-likeness (QED) is 0.491. The number of aliphatic carboxylic acids is 1. The van der Waals surface area contributed by atoms with E-state index < -0.39 is 23.1 Å². The molecular formula is C27H43NO4. The summed E-state index contributed by atoms with van der Waals surface area (Å²) in [6, 6.07) is 9.58. The second kappa shape index (κ2) is 10.7. The zero-order chi connectivity index (χ0) is 24.1. The molecule has 1 amide bonds. The van der Waals surface area contributed by atoms with E-state index in [2.05, 4.69) is 26.1 Å². The van der Waals surface area contributed by atoms with Crippen molar-refractivity contribution in [2.24, 2.45) is 29.1 Å². The molecule has 1 saturated carbocycles. The number of hydrogen-bond donors (Lipinski definition) is 2. The highest BCUT2D eigenvalue weighted by Crippen LogP contribution is 2.49. The van der Waals surface area contributed by atoms with Gasteiger partial charge in [-0.25, -0.2) is 4.79 Å². The first-order valence-electron chi connectivity index (χ1n) is 12.1. The molecule has 5 heteroatoms. The van der Waals surface area contributed by atoms with E-state index in [-0.39, 0.29) is 12.0 Å². The summed E-state index contributed by atoms with van der Waals surface area (Å²) in [4.78, 5) is 25.4. The minimum absolute atomic E-state index is 0.0717. The zero-order valence-electron chi connectivity index (χ0n) is 21.0. The van der Waals surface area contributed by atoms with E-state index in [9.17, 15) is 14.7 Å². The van der Waals surface area contributed by atoms with E-state index in [0.29, 0.717) is 30.6 Å². The van der Waals surface area contributed by atoms with Crippen molar-refractivity contribution in [3.63, 3.8) is 0 Å². The lowest BCUT2D eigenvalue weighted by atomic mass is 9.58. The van der Waals surface area contributed by atoms with Gasteiger partial charge in [-0.15, -0.1) is 0 Å². The molecule has 0 saturated heterocycles. The van der Waals surface area contributed by atoms with Gasteiger partial charge in [0, 0.05) is 6.04 Å². The van der Waals surface area contributed by atoms with Crippen LogP contribution in [0.25, 0.3) is 0 Å². The van der Waals surface area contributed by atoms with E-state index in [0.717, 1.165) is 24.8 Å². The summed E-state index contributed by atoms with van der Waals surface area (Å²) in [5.74, 6) is 0.609. The molecule has 1 aromatic carbocycles. The van der Waals surface area contributed by atoms with Gasteiger partial charge in [0.15, 0.2) is 0 Å². The number of hydrogen-bond acceptors (Lipinski definition) is 3. The van der Waals surface area contributed by atoms with Crippen LogP contribution in [0.4, 0.5) is 4.79 Å². The molecule has 180 valence electrons. The summed E-state index contributed by atoms with van der Waals surface area (Å²) < 4.78 is 5.51. The molecule has 0 radical (unpaired) electrons. The highest BCUT2D eigenvalue weighted by atomic mass is 16.6. The third kappa shape index (κ3) is 7.25. The Morgan fingerprint density at radius 2 is 1.75 bits per heavy atom. The van der Waals surface area contributed by atoms with Gasteiger partial charge in [0.05, 0.1) is 5.41 Å². The maximum atomic E-state index is 12.8. The Balaban J connectivity index is 2.34. The normalized spacial score (nSPS) is 24.4. The fourth-order valence-corrected chi connectivity index (χ4v) is 5.39. The first-order chi connectivity index (χ1) is 14.8. The van der Waals surface area contributed by atoms with E-state index >= 15 is 0 Å². The number of carbonyl (C=O) groups is 2. The number of alkyl carbamates (subject to hydrolysis) is 1. The predicted molar refractivity (Wildman–Crippen MR) is 128 cm³/mol. The van der Waals surface area contributed by atoms with Crippen molar-refractivity contribution in [2.45, 2.75) is 92.2 Å². The second-order valence-corrected chi connectivity index (χ2v) is 11.4. The lowest BCUT2D eigenvalue weighted by Crippen LogP contribution is -2.50. The van der Waals surface area contributed by atoms with Crippen LogP contribution >= 0.6 is 0 Å². The number of ether oxygens (including phenoxy) is 1. The molecule has 0 unspecified atom stereocenters. The standard InChI is InChI=1S/C27H43NO4/c1-18(2)22-14-13-19(3)15-23(22)27(7,24(29)30)17-21(16-20-11-9-8-10-12-20)28-25(31)32-26(4,5)6/h8-12,18-19,21-23H,13-17H2,1-7H3,(H,28,31)(H,29,30)/t19-,21-,22+,23-,27+/m1/s1. The van der Waals surface area contributed by atoms with Crippen LogP contribution in [0.3, 0.4) is 0 Å². The average Bonchev–Trinajstić information content (AvgIpc) is 2.66. The molecule has 0 bridgehead atoms. The van der Waals surface area contributed by atoms with Crippen LogP contribution in [0.15, 0.2) is 30.3 Å². The van der Waals surface area contributed by atoms with Crippen LogP contribution in [0.5, 0.6) is 0 Å². The molecule has 0 heterocycles. The highest BCUT2D eigenvalue weighted by molar-refractivity contribution is 5.75. The van der Waals surface area contributed by atoms with Crippen molar-refractivity contribution in [1.82, 2.24) is 5.32 Å². The monoisotopic (exact) mass is 445 g/mol. The van der Waals surface area contributed by atoms with Crippen molar-refractivity contribution in [2.75, 3.05) is 0 Å². The Labute approximate surface area is 194 Å². The first-order valence-corrected chi connectivity index (χ1v) is 12.1. The van der Waals surface area contributed by atoms with E-state index in [4.69, 9.17) is 4.74 Å². The Bertz CT molecular complexity index is 755. The molecule has 0 spiro atoms. The minimum Gasteiger partial charge on any atom is -0.481 e. The summed E-state index contributed by atoms with van der Waals surface area (Å²) >= 11 is 0. The van der Waals surface area contributed by atoms with Gasteiger partial charge in [-0.1, -0.05) is 57.5 Å². The summed E-state index contributed by atoms with van der Waals surface area (Å²) in [5.41, 5.74) is -0.476. The van der Waals surface area contributed by atoms with Crippen molar-refractivity contribution in [1.29, 1.82) is 0 Å². The molecule has 32 heavy (non-hydrogen) atoms. The Morgan fingerprint density at radius 3 is 2.28 bits per heavy atom. The second-order valence-electron chi connectivity index (χ2n) is 11.4. The van der Waals surface area contributed by atoms with Crippen LogP contribution in [-0.2, 0) is 16.0 Å². The van der Waals surface area contributed by atoms with Gasteiger partial charge >= 0.3 is 12.1 Å². The number of carboxylic acids is 1. The third-order valence-corrected chi connectivity index (χ3v) is 7.05. The van der Waals surface area contributed by atoms with Gasteiger partial charge in [-0.2, -0.15) is 0 Å². The Morgan fingerprint density at radius 1 is 1.12 bits per heavy atom. The van der Waals surface area contributed by atoms with E-state index in [1.54, 1.807) is 0 Å². The number of carbonyl (C=O) groups excluding carboxylic acids is 1. The van der Waals surface area contributed by atoms with Crippen LogP contribution in [-0.4, -0.2) is 28.8 Å². The molecule has 1 aliphatic rings. The summed E-state index contributed by atoms with van der Waals surface area (Å²) in [5, 5.41) is 13.5. The SMILES string of the molecule is CC(C)[C@@H]1CC[C@@H](C)C[C@H]1[C@](C)(C[C@@H](Cc1ccccc1)NC(=O)OC(C)(C)C)C(=O)O. The molecule has 0 aliphatic heterocycles. The maximum Gasteiger partial charge on any atom is 0.407 e. The number of rotatable bonds is 8. The third-order valence-electron chi connectivity index (χ3n) is 7.05. The molecule has 2 rings (SSSR count). The molecular weight excluding hydrogens is 402 g/mol. The molecule has 1 aromatic rings. The molecule has 0 aromatic heterocycles. The predicted octanol–water partition coefficient (Wildman–Crippen LogP) is 6.31. The highest BCUT2D eigenvalue weighted by Gasteiger charge is 2.49. The maximum absolute atomic E-state index is 12.8. The van der Waals surface area contributed by atoms with Crippen LogP contribution in [0, 0.1) is 29.1 Å². The largest absolute Gasteiger partial charge is 0.481 e. The van der Waals surface area contributed by atoms with Gasteiger partial charge in [0.2, 0.25) is 0 Å². The average molecular weight is 446 g/mol. The van der Waals surface area contributed by atoms with Crippen molar-refractivity contribution in [3.05, 3.63) is 35.9 Å². The number of amides is 1. The zero-order valence-corrected chi connectivity index (χ0v) is 21.0. The first kappa shape index (κ1) is 26.2. The smallest absolute Gasteiger partial charge is 0.407 e. The Hall–Kier alpha value is -2.04. The van der Waals surface area contributed by atoms with Gasteiger partial charge in [-0.05, 0) is 82.6 Å². The molecule has 5 atom stereocenters. The van der Waals surface area contributed by atoms with Gasteiger partial charge in [-0.3, -0.25) is 4.79 Å². The van der Waals surface area contributed by atoms with Crippen LogP contribution < -0.4 is 5.32 Å². The minimum atomic E-state index is -0.932. The van der Waals surface area contributed by atoms with Crippen molar-refractivity contribution >= 4 is 12.1 Å². The van der Waals surface area contributed by atoms with E-state index in [1.165, 1.54) is 0 Å². The van der Waals surface area contributed by atoms with Gasteiger partial charge in [0.25, 0.3) is 0 Å². The van der Waals surface area contributed by atoms with Crippen molar-refractivity contribution < 1.29 is 19.4 Å². The summed E-state index contributed by atoms with van der Waals surface area (Å²) in [6.07, 6.45) is 3.57. The van der Waals surface area contributed by atoms with E-state index in [1.807, 2.05) is 58.0 Å². The number of carboxylic acid groups (broad SMARTS) is 1.